The lowest BCUT2D eigenvalue weighted by Crippen LogP contribution is -2.40. The first-order valence-corrected chi connectivity index (χ1v) is 7.75. The third-order valence-corrected chi connectivity index (χ3v) is 4.28. The van der Waals surface area contributed by atoms with Crippen molar-refractivity contribution in [3.8, 4) is 6.07 Å². The van der Waals surface area contributed by atoms with Crippen molar-refractivity contribution in [2.45, 2.75) is 37.1 Å². The van der Waals surface area contributed by atoms with Gasteiger partial charge >= 0.3 is 5.97 Å². The molecule has 1 atom stereocenters. The summed E-state index contributed by atoms with van der Waals surface area (Å²) in [7, 11) is -4.16. The summed E-state index contributed by atoms with van der Waals surface area (Å²) in [4.78, 5) is 10.6. The molecule has 0 amide bonds. The topological polar surface area (TPSA) is 107 Å². The van der Waals surface area contributed by atoms with Crippen molar-refractivity contribution in [1.29, 1.82) is 5.26 Å². The summed E-state index contributed by atoms with van der Waals surface area (Å²) in [5, 5.41) is 17.6. The summed E-state index contributed by atoms with van der Waals surface area (Å²) in [6, 6.07) is 3.09. The van der Waals surface area contributed by atoms with Gasteiger partial charge in [0.2, 0.25) is 10.0 Å². The fraction of sp³-hybridized carbons (Fsp3) is 0.385. The number of nitriles is 1. The monoisotopic (exact) mass is 314 g/mol. The summed E-state index contributed by atoms with van der Waals surface area (Å²) < 4.78 is 39.6. The molecule has 0 spiro atoms. The predicted molar refractivity (Wildman–Crippen MR) is 72.4 cm³/mol. The van der Waals surface area contributed by atoms with Crippen LogP contribution in [0.15, 0.2) is 23.1 Å². The fourth-order valence-corrected chi connectivity index (χ4v) is 2.89. The fourth-order valence-electron chi connectivity index (χ4n) is 1.65. The number of rotatable bonds is 7. The van der Waals surface area contributed by atoms with Crippen molar-refractivity contribution in [2.75, 3.05) is 0 Å². The third-order valence-electron chi connectivity index (χ3n) is 2.81. The zero-order valence-electron chi connectivity index (χ0n) is 11.3. The molecule has 0 aliphatic heterocycles. The number of nitrogens with zero attached hydrogens (tertiary/aromatic N) is 1. The maximum Gasteiger partial charge on any atom is 0.321 e. The summed E-state index contributed by atoms with van der Waals surface area (Å²) in [6.45, 7) is 1.85. The number of sulfonamides is 1. The van der Waals surface area contributed by atoms with Crippen LogP contribution in [-0.2, 0) is 14.8 Å². The van der Waals surface area contributed by atoms with E-state index in [1.54, 1.807) is 6.07 Å². The van der Waals surface area contributed by atoms with E-state index in [-0.39, 0.29) is 12.0 Å². The lowest BCUT2D eigenvalue weighted by atomic mass is 10.1. The summed E-state index contributed by atoms with van der Waals surface area (Å²) in [5.74, 6) is -2.26. The number of hydrogen-bond acceptors (Lipinski definition) is 4. The van der Waals surface area contributed by atoms with Crippen LogP contribution < -0.4 is 4.72 Å². The van der Waals surface area contributed by atoms with Crippen LogP contribution in [0.2, 0.25) is 0 Å². The molecule has 0 aliphatic carbocycles. The molecule has 21 heavy (non-hydrogen) atoms. The van der Waals surface area contributed by atoms with Gasteiger partial charge in [-0.25, -0.2) is 12.8 Å². The summed E-state index contributed by atoms with van der Waals surface area (Å²) in [5.41, 5.74) is -0.283. The SMILES string of the molecule is CCCCC(NS(=O)(=O)c1ccc(C#N)c(F)c1)C(=O)O. The van der Waals surface area contributed by atoms with Crippen molar-refractivity contribution in [1.82, 2.24) is 4.72 Å². The van der Waals surface area contributed by atoms with Crippen molar-refractivity contribution in [3.63, 3.8) is 0 Å². The Balaban J connectivity index is 3.02. The van der Waals surface area contributed by atoms with E-state index in [2.05, 4.69) is 0 Å². The minimum atomic E-state index is -4.16. The molecule has 0 heterocycles. The smallest absolute Gasteiger partial charge is 0.321 e. The van der Waals surface area contributed by atoms with Crippen molar-refractivity contribution in [2.24, 2.45) is 0 Å². The molecule has 0 aromatic heterocycles. The minimum Gasteiger partial charge on any atom is -0.480 e. The number of benzene rings is 1. The van der Waals surface area contributed by atoms with Gasteiger partial charge in [0.05, 0.1) is 10.5 Å². The van der Waals surface area contributed by atoms with Gasteiger partial charge in [-0.05, 0) is 24.6 Å². The first kappa shape index (κ1) is 17.1. The number of carbonyl (C=O) groups is 1. The minimum absolute atomic E-state index is 0.143. The average Bonchev–Trinajstić information content (AvgIpc) is 2.43. The van der Waals surface area contributed by atoms with Crippen LogP contribution in [0.1, 0.15) is 31.7 Å². The lowest BCUT2D eigenvalue weighted by molar-refractivity contribution is -0.139. The normalized spacial score (nSPS) is 12.6. The first-order valence-electron chi connectivity index (χ1n) is 6.26. The van der Waals surface area contributed by atoms with Crippen LogP contribution in [0.3, 0.4) is 0 Å². The molecule has 0 bridgehead atoms. The van der Waals surface area contributed by atoms with E-state index in [0.29, 0.717) is 12.5 Å². The molecule has 1 rings (SSSR count). The Bertz CT molecular complexity index is 667. The van der Waals surface area contributed by atoms with E-state index >= 15 is 0 Å². The summed E-state index contributed by atoms with van der Waals surface area (Å²) >= 11 is 0. The van der Waals surface area contributed by atoms with Crippen LogP contribution in [0.5, 0.6) is 0 Å². The van der Waals surface area contributed by atoms with Gasteiger partial charge in [-0.2, -0.15) is 9.98 Å². The third kappa shape index (κ3) is 4.51. The van der Waals surface area contributed by atoms with E-state index in [1.165, 1.54) is 0 Å². The van der Waals surface area contributed by atoms with Gasteiger partial charge < -0.3 is 5.11 Å². The van der Waals surface area contributed by atoms with Crippen LogP contribution >= 0.6 is 0 Å². The number of carboxylic acid groups (broad SMARTS) is 1. The van der Waals surface area contributed by atoms with Gasteiger partial charge in [-0.15, -0.1) is 0 Å². The Morgan fingerprint density at radius 1 is 1.52 bits per heavy atom. The number of carboxylic acids is 1. The Labute approximate surface area is 122 Å². The Kier molecular flexibility index (Phi) is 5.81. The van der Waals surface area contributed by atoms with Crippen molar-refractivity contribution in [3.05, 3.63) is 29.6 Å². The Hall–Kier alpha value is -1.98. The quantitative estimate of drug-likeness (QED) is 0.795. The second-order valence-electron chi connectivity index (χ2n) is 4.41. The molecule has 0 radical (unpaired) electrons. The predicted octanol–water partition coefficient (Wildman–Crippen LogP) is 1.62. The molecule has 2 N–H and O–H groups in total. The highest BCUT2D eigenvalue weighted by Gasteiger charge is 2.25. The number of aliphatic carboxylic acids is 1. The molecule has 114 valence electrons. The van der Waals surface area contributed by atoms with E-state index in [4.69, 9.17) is 10.4 Å². The van der Waals surface area contributed by atoms with Gasteiger partial charge in [-0.3, -0.25) is 4.79 Å². The molecule has 0 saturated heterocycles. The van der Waals surface area contributed by atoms with Crippen molar-refractivity contribution < 1.29 is 22.7 Å². The number of halogens is 1. The lowest BCUT2D eigenvalue weighted by Gasteiger charge is -2.14. The van der Waals surface area contributed by atoms with Gasteiger partial charge in [-0.1, -0.05) is 19.8 Å². The average molecular weight is 314 g/mol. The van der Waals surface area contributed by atoms with Gasteiger partial charge in [0, 0.05) is 0 Å². The largest absolute Gasteiger partial charge is 0.480 e. The van der Waals surface area contributed by atoms with Gasteiger partial charge in [0.15, 0.2) is 0 Å². The zero-order chi connectivity index (χ0) is 16.0. The standard InChI is InChI=1S/C13H15FN2O4S/c1-2-3-4-12(13(17)18)16-21(19,20)10-6-5-9(8-15)11(14)7-10/h5-7,12,16H,2-4H2,1H3,(H,17,18). The highest BCUT2D eigenvalue weighted by atomic mass is 32.2. The molecule has 1 aromatic carbocycles. The molecule has 1 aromatic rings. The molecule has 0 saturated carbocycles. The zero-order valence-corrected chi connectivity index (χ0v) is 12.2. The van der Waals surface area contributed by atoms with Crippen LogP contribution in [0, 0.1) is 17.1 Å². The number of nitrogens with one attached hydrogen (secondary N) is 1. The van der Waals surface area contributed by atoms with E-state index in [0.717, 1.165) is 18.6 Å². The Morgan fingerprint density at radius 2 is 2.19 bits per heavy atom. The Morgan fingerprint density at radius 3 is 2.67 bits per heavy atom. The van der Waals surface area contributed by atoms with E-state index in [1.807, 2.05) is 11.6 Å². The molecule has 8 heteroatoms. The molecule has 0 aliphatic rings. The van der Waals surface area contributed by atoms with Gasteiger partial charge in [0.25, 0.3) is 0 Å². The maximum absolute atomic E-state index is 13.4. The van der Waals surface area contributed by atoms with Crippen LogP contribution in [0.25, 0.3) is 0 Å². The maximum atomic E-state index is 13.4. The number of hydrogen-bond donors (Lipinski definition) is 2. The van der Waals surface area contributed by atoms with Crippen LogP contribution in [-0.4, -0.2) is 25.5 Å². The molecular weight excluding hydrogens is 299 g/mol. The summed E-state index contributed by atoms with van der Waals surface area (Å²) in [6.07, 6.45) is 1.40. The molecular formula is C13H15FN2O4S. The van der Waals surface area contributed by atoms with Crippen LogP contribution in [0.4, 0.5) is 4.39 Å². The highest BCUT2D eigenvalue weighted by molar-refractivity contribution is 7.89. The molecule has 1 unspecified atom stereocenters. The first-order chi connectivity index (χ1) is 9.81. The highest BCUT2D eigenvalue weighted by Crippen LogP contribution is 2.15. The van der Waals surface area contributed by atoms with Crippen molar-refractivity contribution >= 4 is 16.0 Å². The second-order valence-corrected chi connectivity index (χ2v) is 6.12. The molecule has 0 fully saturated rings. The number of unbranched alkanes of at least 4 members (excludes halogenated alkanes) is 1. The van der Waals surface area contributed by atoms with E-state index in [9.17, 15) is 17.6 Å². The van der Waals surface area contributed by atoms with Gasteiger partial charge in [0.1, 0.15) is 17.9 Å². The second kappa shape index (κ2) is 7.15. The van der Waals surface area contributed by atoms with E-state index < -0.39 is 32.7 Å². The molecule has 6 nitrogen and oxygen atoms in total.